The molecule has 0 saturated carbocycles. The molecule has 0 radical (unpaired) electrons. The highest BCUT2D eigenvalue weighted by atomic mass is 32.2. The van der Waals surface area contributed by atoms with Crippen molar-refractivity contribution in [3.05, 3.63) is 77.9 Å². The summed E-state index contributed by atoms with van der Waals surface area (Å²) in [5.41, 5.74) is -0.397. The van der Waals surface area contributed by atoms with Crippen molar-refractivity contribution in [3.8, 4) is 23.4 Å². The largest absolute Gasteiger partial charge is 0.505 e. The van der Waals surface area contributed by atoms with Crippen LogP contribution in [0.4, 0.5) is 39.3 Å². The summed E-state index contributed by atoms with van der Waals surface area (Å²) in [5, 5.41) is 83.6. The number of azo groups is 3. The van der Waals surface area contributed by atoms with Crippen LogP contribution in [0.25, 0.3) is 37.7 Å². The number of hydrogen-bond donors (Lipinski definition) is 8. The molecule has 5 aromatic carbocycles. The van der Waals surface area contributed by atoms with Crippen LogP contribution < -0.4 is 9.64 Å². The van der Waals surface area contributed by atoms with E-state index in [0.29, 0.717) is 41.4 Å². The Balaban J connectivity index is 0.00000207. The molecule has 8 N–H and O–H groups in total. The second-order valence-corrected chi connectivity index (χ2v) is 26.3. The topological polar surface area (TPSA) is 494 Å². The summed E-state index contributed by atoms with van der Waals surface area (Å²) in [6.07, 6.45) is 0.769. The molecule has 0 spiro atoms. The number of aromatic hydroxyl groups is 2. The number of hydrogen-bond acceptors (Lipinski definition) is 33. The number of thiazole rings is 1. The van der Waals surface area contributed by atoms with Crippen molar-refractivity contribution in [1.82, 2.24) is 14.4 Å². The first-order valence-electron chi connectivity index (χ1n) is 23.6. The van der Waals surface area contributed by atoms with Crippen molar-refractivity contribution >= 4 is 165 Å². The number of phenolic OH excluding ortho intramolecular Hbond substituents is 1. The Hall–Kier alpha value is -6.94. The zero-order valence-corrected chi connectivity index (χ0v) is 51.0. The smallest absolute Gasteiger partial charge is 0.297 e. The van der Waals surface area contributed by atoms with Crippen molar-refractivity contribution < 1.29 is 105 Å². The van der Waals surface area contributed by atoms with Gasteiger partial charge in [-0.15, -0.1) is 39.4 Å². The molecule has 0 saturated heterocycles. The van der Waals surface area contributed by atoms with Gasteiger partial charge in [0.1, 0.15) is 55.4 Å². The number of imidazole rings is 1. The fourth-order valence-electron chi connectivity index (χ4n) is 8.08. The Morgan fingerprint density at radius 3 is 2.08 bits per heavy atom. The number of pyridine rings is 1. The molecular weight excluding hydrogens is 1320 g/mol. The summed E-state index contributed by atoms with van der Waals surface area (Å²) < 4.78 is 153. The Morgan fingerprint density at radius 1 is 0.747 bits per heavy atom. The van der Waals surface area contributed by atoms with E-state index in [4.69, 9.17) is 23.2 Å². The van der Waals surface area contributed by atoms with Gasteiger partial charge in [0.25, 0.3) is 40.5 Å². The summed E-state index contributed by atoms with van der Waals surface area (Å²) in [7, 11) is -15.8. The van der Waals surface area contributed by atoms with Gasteiger partial charge in [0.15, 0.2) is 17.1 Å². The Kier molecular flexibility index (Phi) is 22.5. The molecule has 0 fully saturated rings. The normalized spacial score (nSPS) is 12.6. The number of ether oxygens (including phenoxy) is 1. The lowest BCUT2D eigenvalue weighted by Crippen LogP contribution is -2.27. The molecule has 8 aromatic rings. The fourth-order valence-corrected chi connectivity index (χ4v) is 12.5. The van der Waals surface area contributed by atoms with Crippen LogP contribution in [0.15, 0.2) is 117 Å². The SMILES string of the molecule is COOSc1cc(S(=O)(=O)O)c2nc(N=Nc3cc(N(CCCSOOO)CCCS(=O)(=O)O)c(N=Nc4c(SOOO)cc5c(S(=O)(=O)O)c(N=Nc6c(C)c(C#N)c7nc8ccccc8n7c6O)ccc5c4O)cc3OC)sc2c1.CS(=O)(=O)O. The van der Waals surface area contributed by atoms with E-state index < -0.39 is 84.4 Å². The van der Waals surface area contributed by atoms with E-state index in [9.17, 15) is 68.1 Å². The third-order valence-electron chi connectivity index (χ3n) is 11.5. The van der Waals surface area contributed by atoms with Crippen LogP contribution in [-0.2, 0) is 68.4 Å². The van der Waals surface area contributed by atoms with E-state index in [-0.39, 0.29) is 120 Å². The standard InChI is InChI=1S/C44H39N11O20S7.CH4O3S/c1-22-26(21-45)42-46-27-8-4-5-9-31(27)55(42)43(57)37(22)51-48-28-11-10-24-25(41(28)82(66,67)68)18-35(79-75-72-59)39(40(24)56)52-49-29-20-33(69-2)30(19-32(29)54(12-6-14-76-74-71-58)13-7-15-80(60,61)62)50-53-44-47-38-34(77-44)16-23(78-73-70-3)17-36(38)81(63,64)65;1-5(2,3)4/h4-5,8-11,16-20,56-59H,6-7,12-15H2,1-3H3,(H,60,61,62)(H,63,64,65)(H,66,67,68);1H3,(H,2,3,4). The van der Waals surface area contributed by atoms with Gasteiger partial charge >= 0.3 is 0 Å². The lowest BCUT2D eigenvalue weighted by Gasteiger charge is -2.26. The molecule has 42 heteroatoms. The molecule has 0 aliphatic heterocycles. The average Bonchev–Trinajstić information content (AvgIpc) is 1.80. The number of nitrogens with zero attached hydrogens (tertiary/aromatic N) is 11. The first kappa shape index (κ1) is 67.6. The van der Waals surface area contributed by atoms with Crippen LogP contribution >= 0.6 is 47.5 Å². The first-order chi connectivity index (χ1) is 41.1. The maximum atomic E-state index is 13.3. The minimum atomic E-state index is -5.32. The molecule has 464 valence electrons. The van der Waals surface area contributed by atoms with Crippen LogP contribution in [-0.4, -0.2) is 132 Å². The van der Waals surface area contributed by atoms with Crippen molar-refractivity contribution in [1.29, 1.82) is 5.26 Å². The number of benzene rings is 5. The van der Waals surface area contributed by atoms with Gasteiger partial charge < -0.3 is 19.8 Å². The maximum Gasteiger partial charge on any atom is 0.297 e. The molecule has 0 amide bonds. The third-order valence-corrected chi connectivity index (χ3v) is 16.8. The van der Waals surface area contributed by atoms with Gasteiger partial charge in [-0.1, -0.05) is 33.5 Å². The van der Waals surface area contributed by atoms with E-state index >= 15 is 0 Å². The number of para-hydroxylation sites is 2. The summed E-state index contributed by atoms with van der Waals surface area (Å²) in [6.45, 7) is 1.39. The first-order valence-corrected chi connectivity index (χ1v) is 33.1. The molecule has 34 nitrogen and oxygen atoms in total. The average molecular weight is 1360 g/mol. The Morgan fingerprint density at radius 2 is 1.43 bits per heavy atom. The van der Waals surface area contributed by atoms with Crippen LogP contribution in [0.5, 0.6) is 17.4 Å². The number of fused-ring (bicyclic) bond motifs is 5. The van der Waals surface area contributed by atoms with Crippen LogP contribution in [0, 0.1) is 18.3 Å². The fraction of sp³-hybridized carbons (Fsp3) is 0.222. The number of rotatable bonds is 26. The van der Waals surface area contributed by atoms with E-state index in [1.54, 1.807) is 29.2 Å². The molecule has 0 unspecified atom stereocenters. The lowest BCUT2D eigenvalue weighted by atomic mass is 10.1. The highest BCUT2D eigenvalue weighted by Crippen LogP contribution is 2.49. The number of phenols is 1. The molecule has 0 aliphatic carbocycles. The minimum Gasteiger partial charge on any atom is -0.505 e. The number of methoxy groups -OCH3 is 1. The third kappa shape index (κ3) is 17.0. The van der Waals surface area contributed by atoms with Gasteiger partial charge in [-0.3, -0.25) is 22.6 Å². The molecule has 0 aliphatic rings. The van der Waals surface area contributed by atoms with Crippen molar-refractivity contribution in [3.63, 3.8) is 0 Å². The Bertz CT molecular complexity index is 4520. The van der Waals surface area contributed by atoms with E-state index in [2.05, 4.69) is 60.0 Å². The van der Waals surface area contributed by atoms with Crippen molar-refractivity contribution in [2.75, 3.05) is 50.0 Å². The summed E-state index contributed by atoms with van der Waals surface area (Å²) >= 11 is 2.41. The van der Waals surface area contributed by atoms with Crippen LogP contribution in [0.1, 0.15) is 24.0 Å². The predicted octanol–water partition coefficient (Wildman–Crippen LogP) is 10.7. The molecule has 3 heterocycles. The quantitative estimate of drug-likeness (QED) is 0.00623. The zero-order valence-electron chi connectivity index (χ0n) is 44.5. The zero-order chi connectivity index (χ0) is 63.6. The molecule has 3 aromatic heterocycles. The highest BCUT2D eigenvalue weighted by molar-refractivity contribution is 7.95. The van der Waals surface area contributed by atoms with Crippen molar-refractivity contribution in [2.24, 2.45) is 30.7 Å². The molecule has 0 atom stereocenters. The molecule has 8 rings (SSSR count). The van der Waals surface area contributed by atoms with Crippen LogP contribution in [0.2, 0.25) is 0 Å². The lowest BCUT2D eigenvalue weighted by molar-refractivity contribution is -0.432. The number of nitriles is 1. The van der Waals surface area contributed by atoms with Gasteiger partial charge in [-0.25, -0.2) is 25.4 Å². The van der Waals surface area contributed by atoms with Crippen molar-refractivity contribution in [2.45, 2.75) is 39.3 Å². The molecular formula is C45H43N11O23S8. The van der Waals surface area contributed by atoms with Gasteiger partial charge in [-0.05, 0) is 68.3 Å². The van der Waals surface area contributed by atoms with Gasteiger partial charge in [0.2, 0.25) is 11.0 Å². The maximum absolute atomic E-state index is 13.3. The van der Waals surface area contributed by atoms with E-state index in [1.807, 2.05) is 6.07 Å². The van der Waals surface area contributed by atoms with Gasteiger partial charge in [-0.2, -0.15) is 43.3 Å². The monoisotopic (exact) mass is 1360 g/mol. The van der Waals surface area contributed by atoms with Gasteiger partial charge in [0.05, 0.1) is 76.6 Å². The number of aromatic nitrogens is 3. The van der Waals surface area contributed by atoms with Crippen LogP contribution in [0.3, 0.4) is 0 Å². The summed E-state index contributed by atoms with van der Waals surface area (Å²) in [6, 6.07) is 17.3. The van der Waals surface area contributed by atoms with E-state index in [0.717, 1.165) is 29.5 Å². The summed E-state index contributed by atoms with van der Waals surface area (Å²) in [5.74, 6) is -1.90. The Labute approximate surface area is 507 Å². The molecule has 87 heavy (non-hydrogen) atoms. The number of anilines is 1. The minimum absolute atomic E-state index is 0.0117. The second kappa shape index (κ2) is 28.9. The van der Waals surface area contributed by atoms with Gasteiger partial charge in [0, 0.05) is 58.2 Å². The highest BCUT2D eigenvalue weighted by Gasteiger charge is 2.28. The second-order valence-electron chi connectivity index (χ2n) is 17.2. The summed E-state index contributed by atoms with van der Waals surface area (Å²) in [4.78, 5) is 13.3. The predicted molar refractivity (Wildman–Crippen MR) is 311 cm³/mol. The van der Waals surface area contributed by atoms with E-state index in [1.165, 1.54) is 49.8 Å². The molecule has 0 bridgehead atoms.